The number of benzene rings is 1. The van der Waals surface area contributed by atoms with E-state index in [1.807, 2.05) is 0 Å². The molecule has 1 aliphatic heterocycles. The number of hydrogen-bond acceptors (Lipinski definition) is 5. The van der Waals surface area contributed by atoms with Crippen molar-refractivity contribution in [1.82, 2.24) is 0 Å². The molecule has 1 saturated heterocycles. The molecule has 0 aliphatic carbocycles. The molecule has 1 aromatic carbocycles. The predicted octanol–water partition coefficient (Wildman–Crippen LogP) is 1.29. The zero-order valence-corrected chi connectivity index (χ0v) is 9.98. The topological polar surface area (TPSA) is 57.3 Å². The van der Waals surface area contributed by atoms with Crippen molar-refractivity contribution in [2.24, 2.45) is 0 Å². The molecule has 1 unspecified atom stereocenters. The van der Waals surface area contributed by atoms with Crippen LogP contribution in [0, 0.1) is 0 Å². The Balaban J connectivity index is 2.43. The van der Waals surface area contributed by atoms with Gasteiger partial charge >= 0.3 is 0 Å². The summed E-state index contributed by atoms with van der Waals surface area (Å²) >= 11 is 0. The van der Waals surface area contributed by atoms with Crippen LogP contribution >= 0.6 is 0 Å². The monoisotopic (exact) mass is 238 g/mol. The van der Waals surface area contributed by atoms with Gasteiger partial charge in [-0.1, -0.05) is 0 Å². The summed E-state index contributed by atoms with van der Waals surface area (Å²) in [5.41, 5.74) is 0.502. The van der Waals surface area contributed by atoms with Gasteiger partial charge < -0.3 is 18.9 Å². The molecule has 0 bridgehead atoms. The molecule has 0 aromatic heterocycles. The molecule has 92 valence electrons. The lowest BCUT2D eigenvalue weighted by Crippen LogP contribution is -2.08. The SMILES string of the molecule is COc1cc(C(=O)C2CO2)cc(OC)c1OC. The average Bonchev–Trinajstić information content (AvgIpc) is 3.20. The Hall–Kier alpha value is -1.75. The van der Waals surface area contributed by atoms with Crippen LogP contribution in [0.5, 0.6) is 17.2 Å². The highest BCUT2D eigenvalue weighted by Gasteiger charge is 2.33. The first kappa shape index (κ1) is 11.7. The number of methoxy groups -OCH3 is 3. The zero-order chi connectivity index (χ0) is 12.4. The Labute approximate surface area is 99.2 Å². The van der Waals surface area contributed by atoms with Gasteiger partial charge in [0.25, 0.3) is 0 Å². The molecule has 1 heterocycles. The fourth-order valence-electron chi connectivity index (χ4n) is 1.61. The Morgan fingerprint density at radius 1 is 1.18 bits per heavy atom. The molecular weight excluding hydrogens is 224 g/mol. The third-order valence-electron chi connectivity index (χ3n) is 2.58. The molecule has 1 aliphatic rings. The quantitative estimate of drug-likeness (QED) is 0.571. The maximum Gasteiger partial charge on any atom is 0.203 e. The summed E-state index contributed by atoms with van der Waals surface area (Å²) in [6, 6.07) is 3.26. The van der Waals surface area contributed by atoms with E-state index >= 15 is 0 Å². The second kappa shape index (κ2) is 4.63. The van der Waals surface area contributed by atoms with Crippen LogP contribution in [0.3, 0.4) is 0 Å². The largest absolute Gasteiger partial charge is 0.493 e. The van der Waals surface area contributed by atoms with Gasteiger partial charge in [0.15, 0.2) is 17.3 Å². The van der Waals surface area contributed by atoms with Gasteiger partial charge in [0.05, 0.1) is 27.9 Å². The average molecular weight is 238 g/mol. The molecule has 2 rings (SSSR count). The molecule has 1 fully saturated rings. The normalized spacial score (nSPS) is 17.5. The second-order valence-corrected chi connectivity index (χ2v) is 3.60. The van der Waals surface area contributed by atoms with Crippen molar-refractivity contribution in [3.8, 4) is 17.2 Å². The van der Waals surface area contributed by atoms with Gasteiger partial charge in [-0.3, -0.25) is 4.79 Å². The van der Waals surface area contributed by atoms with Crippen molar-refractivity contribution in [3.05, 3.63) is 17.7 Å². The van der Waals surface area contributed by atoms with Crippen molar-refractivity contribution in [2.45, 2.75) is 6.10 Å². The van der Waals surface area contributed by atoms with Gasteiger partial charge in [0.1, 0.15) is 6.10 Å². The number of rotatable bonds is 5. The van der Waals surface area contributed by atoms with E-state index in [2.05, 4.69) is 0 Å². The molecule has 0 radical (unpaired) electrons. The molecule has 0 spiro atoms. The van der Waals surface area contributed by atoms with Crippen LogP contribution in [0.4, 0.5) is 0 Å². The van der Waals surface area contributed by atoms with E-state index in [4.69, 9.17) is 18.9 Å². The van der Waals surface area contributed by atoms with Crippen molar-refractivity contribution in [1.29, 1.82) is 0 Å². The van der Waals surface area contributed by atoms with Crippen LogP contribution in [-0.2, 0) is 4.74 Å². The first-order valence-electron chi connectivity index (χ1n) is 5.17. The molecule has 17 heavy (non-hydrogen) atoms. The van der Waals surface area contributed by atoms with E-state index in [9.17, 15) is 4.79 Å². The van der Waals surface area contributed by atoms with Gasteiger partial charge in [0, 0.05) is 5.56 Å². The lowest BCUT2D eigenvalue weighted by Gasteiger charge is -2.13. The van der Waals surface area contributed by atoms with E-state index in [-0.39, 0.29) is 11.9 Å². The first-order chi connectivity index (χ1) is 8.21. The van der Waals surface area contributed by atoms with E-state index in [0.717, 1.165) is 0 Å². The summed E-state index contributed by atoms with van der Waals surface area (Å²) in [6.07, 6.45) is -0.321. The number of epoxide rings is 1. The Kier molecular flexibility index (Phi) is 3.19. The summed E-state index contributed by atoms with van der Waals surface area (Å²) in [4.78, 5) is 11.9. The smallest absolute Gasteiger partial charge is 0.203 e. The fourth-order valence-corrected chi connectivity index (χ4v) is 1.61. The summed E-state index contributed by atoms with van der Waals surface area (Å²) in [6.45, 7) is 0.482. The Morgan fingerprint density at radius 2 is 1.71 bits per heavy atom. The lowest BCUT2D eigenvalue weighted by molar-refractivity contribution is 0.0953. The third-order valence-corrected chi connectivity index (χ3v) is 2.58. The van der Waals surface area contributed by atoms with Gasteiger partial charge in [0.2, 0.25) is 5.75 Å². The van der Waals surface area contributed by atoms with Crippen LogP contribution < -0.4 is 14.2 Å². The number of ether oxygens (including phenoxy) is 4. The molecule has 0 saturated carbocycles. The minimum Gasteiger partial charge on any atom is -0.493 e. The molecule has 1 aromatic rings. The zero-order valence-electron chi connectivity index (χ0n) is 9.98. The highest BCUT2D eigenvalue weighted by molar-refractivity contribution is 6.01. The Morgan fingerprint density at radius 3 is 2.06 bits per heavy atom. The van der Waals surface area contributed by atoms with Gasteiger partial charge in [-0.05, 0) is 12.1 Å². The minimum atomic E-state index is -0.321. The summed E-state index contributed by atoms with van der Waals surface area (Å²) in [5, 5.41) is 0. The van der Waals surface area contributed by atoms with Crippen molar-refractivity contribution >= 4 is 5.78 Å². The van der Waals surface area contributed by atoms with Crippen molar-refractivity contribution in [2.75, 3.05) is 27.9 Å². The van der Waals surface area contributed by atoms with Crippen LogP contribution in [0.15, 0.2) is 12.1 Å². The van der Waals surface area contributed by atoms with Crippen LogP contribution in [0.25, 0.3) is 0 Å². The predicted molar refractivity (Wildman–Crippen MR) is 60.2 cm³/mol. The van der Waals surface area contributed by atoms with Crippen LogP contribution in [0.2, 0.25) is 0 Å². The maximum atomic E-state index is 11.9. The van der Waals surface area contributed by atoms with Crippen LogP contribution in [0.1, 0.15) is 10.4 Å². The summed E-state index contributed by atoms with van der Waals surface area (Å²) in [5.74, 6) is 1.35. The summed E-state index contributed by atoms with van der Waals surface area (Å²) < 4.78 is 20.5. The third kappa shape index (κ3) is 2.19. The van der Waals surface area contributed by atoms with Gasteiger partial charge in [-0.15, -0.1) is 0 Å². The van der Waals surface area contributed by atoms with E-state index < -0.39 is 0 Å². The number of ketones is 1. The fraction of sp³-hybridized carbons (Fsp3) is 0.417. The number of carbonyl (C=O) groups excluding carboxylic acids is 1. The lowest BCUT2D eigenvalue weighted by atomic mass is 10.1. The van der Waals surface area contributed by atoms with Crippen molar-refractivity contribution in [3.63, 3.8) is 0 Å². The highest BCUT2D eigenvalue weighted by Crippen LogP contribution is 2.38. The Bertz CT molecular complexity index is 412. The molecule has 5 heteroatoms. The standard InChI is InChI=1S/C12H14O5/c1-14-8-4-7(11(13)10-6-17-10)5-9(15-2)12(8)16-3/h4-5,10H,6H2,1-3H3. The maximum absolute atomic E-state index is 11.9. The van der Waals surface area contributed by atoms with E-state index in [1.54, 1.807) is 12.1 Å². The van der Waals surface area contributed by atoms with Gasteiger partial charge in [-0.25, -0.2) is 0 Å². The second-order valence-electron chi connectivity index (χ2n) is 3.60. The minimum absolute atomic E-state index is 0.0655. The van der Waals surface area contributed by atoms with E-state index in [1.165, 1.54) is 21.3 Å². The first-order valence-corrected chi connectivity index (χ1v) is 5.17. The van der Waals surface area contributed by atoms with Gasteiger partial charge in [-0.2, -0.15) is 0 Å². The number of hydrogen-bond donors (Lipinski definition) is 0. The summed E-state index contributed by atoms with van der Waals surface area (Å²) in [7, 11) is 4.55. The molecule has 1 atom stereocenters. The molecule has 0 amide bonds. The van der Waals surface area contributed by atoms with Crippen LogP contribution in [-0.4, -0.2) is 39.8 Å². The van der Waals surface area contributed by atoms with Crippen molar-refractivity contribution < 1.29 is 23.7 Å². The number of Topliss-reactive ketones (excluding diaryl/α,β-unsaturated/α-hetero) is 1. The highest BCUT2D eigenvalue weighted by atomic mass is 16.6. The molecule has 5 nitrogen and oxygen atoms in total. The number of carbonyl (C=O) groups is 1. The van der Waals surface area contributed by atoms with E-state index in [0.29, 0.717) is 29.4 Å². The molecule has 0 N–H and O–H groups in total. The molecular formula is C12H14O5.